The van der Waals surface area contributed by atoms with E-state index in [1.807, 2.05) is 0 Å². The number of carbonyl (C=O) groups excluding carboxylic acids is 2. The number of rotatable bonds is 6. The third kappa shape index (κ3) is 8.43. The van der Waals surface area contributed by atoms with Crippen molar-refractivity contribution >= 4 is 11.6 Å². The third-order valence-electron chi connectivity index (χ3n) is 2.56. The molecule has 0 aliphatic carbocycles. The largest absolute Gasteiger partial charge is 0.508 e. The summed E-state index contributed by atoms with van der Waals surface area (Å²) >= 11 is 0. The van der Waals surface area contributed by atoms with E-state index in [0.29, 0.717) is 11.5 Å². The maximum atomic E-state index is 10.5. The average molecular weight is 332 g/mol. The number of hydrogen-bond donors (Lipinski definition) is 2. The Balaban J connectivity index is 0.000000240. The van der Waals surface area contributed by atoms with Crippen LogP contribution in [0.2, 0.25) is 0 Å². The van der Waals surface area contributed by atoms with Crippen LogP contribution >= 0.6 is 0 Å². The minimum Gasteiger partial charge on any atom is -0.508 e. The first-order valence-corrected chi connectivity index (χ1v) is 7.19. The van der Waals surface area contributed by atoms with Crippen molar-refractivity contribution in [1.29, 1.82) is 0 Å². The van der Waals surface area contributed by atoms with E-state index in [0.717, 1.165) is 0 Å². The van der Waals surface area contributed by atoms with Gasteiger partial charge in [0.05, 0.1) is 0 Å². The first-order chi connectivity index (χ1) is 11.4. The van der Waals surface area contributed by atoms with Gasteiger partial charge in [-0.25, -0.2) is 0 Å². The van der Waals surface area contributed by atoms with Gasteiger partial charge in [0, 0.05) is 0 Å². The van der Waals surface area contributed by atoms with E-state index in [-0.39, 0.29) is 36.3 Å². The summed E-state index contributed by atoms with van der Waals surface area (Å²) in [6.45, 7) is 3.07. The van der Waals surface area contributed by atoms with Crippen LogP contribution in [0.3, 0.4) is 0 Å². The zero-order valence-electron chi connectivity index (χ0n) is 13.6. The Hall–Kier alpha value is -3.02. The van der Waals surface area contributed by atoms with E-state index in [4.69, 9.17) is 19.7 Å². The van der Waals surface area contributed by atoms with Crippen LogP contribution in [-0.2, 0) is 9.59 Å². The third-order valence-corrected chi connectivity index (χ3v) is 2.56. The van der Waals surface area contributed by atoms with Gasteiger partial charge < -0.3 is 19.7 Å². The van der Waals surface area contributed by atoms with Crippen LogP contribution < -0.4 is 9.47 Å². The highest BCUT2D eigenvalue weighted by Gasteiger charge is 1.96. The number of hydrogen-bond acceptors (Lipinski definition) is 6. The van der Waals surface area contributed by atoms with Crippen LogP contribution in [0, 0.1) is 0 Å². The molecule has 0 unspecified atom stereocenters. The van der Waals surface area contributed by atoms with E-state index in [1.165, 1.54) is 38.1 Å². The number of phenols is 2. The lowest BCUT2D eigenvalue weighted by Gasteiger charge is -2.02. The molecule has 0 saturated heterocycles. The minimum absolute atomic E-state index is 0.0249. The van der Waals surface area contributed by atoms with Crippen LogP contribution in [0.25, 0.3) is 0 Å². The molecule has 0 bridgehead atoms. The normalized spacial score (nSPS) is 9.42. The summed E-state index contributed by atoms with van der Waals surface area (Å²) in [6, 6.07) is 12.5. The van der Waals surface area contributed by atoms with Crippen molar-refractivity contribution in [2.75, 3.05) is 13.2 Å². The highest BCUT2D eigenvalue weighted by Crippen LogP contribution is 2.16. The molecule has 6 nitrogen and oxygen atoms in total. The summed E-state index contributed by atoms with van der Waals surface area (Å²) in [5.74, 6) is 1.49. The van der Waals surface area contributed by atoms with E-state index in [1.54, 1.807) is 24.3 Å². The number of phenolic OH excluding ortho intramolecular Hbond substituents is 2. The molecular formula is C18H20O6. The zero-order valence-corrected chi connectivity index (χ0v) is 13.6. The van der Waals surface area contributed by atoms with Crippen LogP contribution in [0.5, 0.6) is 23.0 Å². The summed E-state index contributed by atoms with van der Waals surface area (Å²) in [6.07, 6.45) is 0. The maximum absolute atomic E-state index is 10.5. The van der Waals surface area contributed by atoms with Gasteiger partial charge in [-0.2, -0.15) is 0 Å². The maximum Gasteiger partial charge on any atom is 0.167 e. The standard InChI is InChI=1S/2C9H10O3/c2*1-7(10)6-12-9-4-2-8(11)3-5-9/h2*2-5,11H,6H2,1H3. The molecule has 24 heavy (non-hydrogen) atoms. The van der Waals surface area contributed by atoms with Gasteiger partial charge in [-0.05, 0) is 62.4 Å². The molecular weight excluding hydrogens is 312 g/mol. The number of aromatic hydroxyl groups is 2. The summed E-state index contributed by atoms with van der Waals surface area (Å²) < 4.78 is 10.1. The molecule has 2 rings (SSSR count). The van der Waals surface area contributed by atoms with Gasteiger partial charge in [0.15, 0.2) is 11.6 Å². The number of Topliss-reactive ketones (excluding diaryl/α,β-unsaturated/α-hetero) is 2. The van der Waals surface area contributed by atoms with Gasteiger partial charge >= 0.3 is 0 Å². The van der Waals surface area contributed by atoms with Crippen molar-refractivity contribution in [3.8, 4) is 23.0 Å². The topological polar surface area (TPSA) is 93.1 Å². The second-order valence-electron chi connectivity index (χ2n) is 4.97. The Bertz CT molecular complexity index is 587. The number of carbonyl (C=O) groups is 2. The summed E-state index contributed by atoms with van der Waals surface area (Å²) in [7, 11) is 0. The minimum atomic E-state index is -0.0249. The van der Waals surface area contributed by atoms with Crippen molar-refractivity contribution in [1.82, 2.24) is 0 Å². The van der Waals surface area contributed by atoms with E-state index in [2.05, 4.69) is 0 Å². The molecule has 0 fully saturated rings. The Morgan fingerprint density at radius 3 is 1.25 bits per heavy atom. The molecule has 2 aromatic carbocycles. The first-order valence-electron chi connectivity index (χ1n) is 7.19. The fraction of sp³-hybridized carbons (Fsp3) is 0.222. The molecule has 0 heterocycles. The second-order valence-corrected chi connectivity index (χ2v) is 4.97. The van der Waals surface area contributed by atoms with Crippen LogP contribution in [0.15, 0.2) is 48.5 Å². The highest BCUT2D eigenvalue weighted by atomic mass is 16.5. The number of benzene rings is 2. The smallest absolute Gasteiger partial charge is 0.167 e. The zero-order chi connectivity index (χ0) is 17.9. The predicted octanol–water partition coefficient (Wildman–Crippen LogP) is 2.72. The Kier molecular flexibility index (Phi) is 7.84. The van der Waals surface area contributed by atoms with Crippen molar-refractivity contribution < 1.29 is 29.3 Å². The quantitative estimate of drug-likeness (QED) is 0.845. The number of ketones is 2. The molecule has 0 aliphatic rings. The summed E-state index contributed by atoms with van der Waals surface area (Å²) in [4.78, 5) is 21.0. The molecule has 2 aromatic rings. The molecule has 2 N–H and O–H groups in total. The van der Waals surface area contributed by atoms with Crippen LogP contribution in [0.1, 0.15) is 13.8 Å². The lowest BCUT2D eigenvalue weighted by molar-refractivity contribution is -0.119. The van der Waals surface area contributed by atoms with Gasteiger partial charge in [0.25, 0.3) is 0 Å². The van der Waals surface area contributed by atoms with E-state index in [9.17, 15) is 9.59 Å². The average Bonchev–Trinajstić information content (AvgIpc) is 2.54. The van der Waals surface area contributed by atoms with Gasteiger partial charge in [-0.1, -0.05) is 0 Å². The Labute approximate surface area is 140 Å². The monoisotopic (exact) mass is 332 g/mol. The van der Waals surface area contributed by atoms with Gasteiger partial charge in [0.2, 0.25) is 0 Å². The SMILES string of the molecule is CC(=O)COc1ccc(O)cc1.CC(=O)COc1ccc(O)cc1. The van der Waals surface area contributed by atoms with E-state index < -0.39 is 0 Å². The molecule has 128 valence electrons. The molecule has 0 radical (unpaired) electrons. The second kappa shape index (κ2) is 9.89. The molecule has 0 aromatic heterocycles. The molecule has 0 atom stereocenters. The van der Waals surface area contributed by atoms with Gasteiger partial charge in [-0.15, -0.1) is 0 Å². The Morgan fingerprint density at radius 2 is 1.00 bits per heavy atom. The summed E-state index contributed by atoms with van der Waals surface area (Å²) in [5, 5.41) is 17.8. The van der Waals surface area contributed by atoms with Crippen molar-refractivity contribution in [2.45, 2.75) is 13.8 Å². The lowest BCUT2D eigenvalue weighted by atomic mass is 10.3. The van der Waals surface area contributed by atoms with Gasteiger partial charge in [-0.3, -0.25) is 9.59 Å². The van der Waals surface area contributed by atoms with E-state index >= 15 is 0 Å². The van der Waals surface area contributed by atoms with Crippen molar-refractivity contribution in [3.63, 3.8) is 0 Å². The van der Waals surface area contributed by atoms with Gasteiger partial charge in [0.1, 0.15) is 36.2 Å². The lowest BCUT2D eigenvalue weighted by Crippen LogP contribution is -2.06. The fourth-order valence-corrected chi connectivity index (χ4v) is 1.45. The molecule has 6 heteroatoms. The van der Waals surface area contributed by atoms with Crippen LogP contribution in [0.4, 0.5) is 0 Å². The molecule has 0 saturated carbocycles. The Morgan fingerprint density at radius 1 is 0.708 bits per heavy atom. The molecule has 0 amide bonds. The number of ether oxygens (including phenoxy) is 2. The van der Waals surface area contributed by atoms with Crippen LogP contribution in [-0.4, -0.2) is 35.0 Å². The molecule has 0 aliphatic heterocycles. The van der Waals surface area contributed by atoms with Crippen molar-refractivity contribution in [2.24, 2.45) is 0 Å². The highest BCUT2D eigenvalue weighted by molar-refractivity contribution is 5.77. The van der Waals surface area contributed by atoms with Crippen molar-refractivity contribution in [3.05, 3.63) is 48.5 Å². The fourth-order valence-electron chi connectivity index (χ4n) is 1.45. The summed E-state index contributed by atoms with van der Waals surface area (Å²) in [5.41, 5.74) is 0. The predicted molar refractivity (Wildman–Crippen MR) is 88.6 cm³/mol. The molecule has 0 spiro atoms. The first kappa shape index (κ1) is 19.0.